The molecule has 1 amide bonds. The number of hydrogen-bond donors (Lipinski definition) is 2. The SMILES string of the molecule is Cc1cc(C)n2nc(C(=O)N/N=C/c3cc(Br)c(O)c(Br)c3)nc2n1. The summed E-state index contributed by atoms with van der Waals surface area (Å²) in [5.41, 5.74) is 4.67. The van der Waals surface area contributed by atoms with Gasteiger partial charge in [-0.15, -0.1) is 5.10 Å². The molecular weight excluding hydrogens is 456 g/mol. The zero-order valence-electron chi connectivity index (χ0n) is 13.2. The molecule has 2 N–H and O–H groups in total. The molecular formula is C15H12Br2N6O2. The summed E-state index contributed by atoms with van der Waals surface area (Å²) < 4.78 is 2.52. The van der Waals surface area contributed by atoms with E-state index >= 15 is 0 Å². The lowest BCUT2D eigenvalue weighted by Crippen LogP contribution is -2.19. The van der Waals surface area contributed by atoms with Gasteiger partial charge in [0.25, 0.3) is 5.78 Å². The van der Waals surface area contributed by atoms with Gasteiger partial charge >= 0.3 is 5.91 Å². The molecule has 3 aromatic rings. The molecule has 10 heteroatoms. The maximum Gasteiger partial charge on any atom is 0.311 e. The van der Waals surface area contributed by atoms with Crippen LogP contribution in [-0.4, -0.2) is 36.8 Å². The summed E-state index contributed by atoms with van der Waals surface area (Å²) in [7, 11) is 0. The predicted molar refractivity (Wildman–Crippen MR) is 98.8 cm³/mol. The van der Waals surface area contributed by atoms with Gasteiger partial charge in [-0.05, 0) is 69.5 Å². The number of carbonyl (C=O) groups excluding carboxylic acids is 1. The molecule has 0 aliphatic carbocycles. The average Bonchev–Trinajstić information content (AvgIpc) is 2.96. The van der Waals surface area contributed by atoms with E-state index in [1.807, 2.05) is 19.9 Å². The van der Waals surface area contributed by atoms with Crippen LogP contribution in [0.5, 0.6) is 5.75 Å². The van der Waals surface area contributed by atoms with Gasteiger partial charge in [0, 0.05) is 11.4 Å². The largest absolute Gasteiger partial charge is 0.506 e. The number of nitrogens with zero attached hydrogens (tertiary/aromatic N) is 5. The van der Waals surface area contributed by atoms with Gasteiger partial charge in [-0.25, -0.2) is 14.9 Å². The van der Waals surface area contributed by atoms with Crippen LogP contribution in [0.3, 0.4) is 0 Å². The number of aromatic hydroxyl groups is 1. The summed E-state index contributed by atoms with van der Waals surface area (Å²) in [5.74, 6) is -0.117. The van der Waals surface area contributed by atoms with E-state index < -0.39 is 5.91 Å². The summed E-state index contributed by atoms with van der Waals surface area (Å²) in [6, 6.07) is 5.17. The van der Waals surface area contributed by atoms with E-state index in [0.29, 0.717) is 20.3 Å². The van der Waals surface area contributed by atoms with E-state index in [-0.39, 0.29) is 11.6 Å². The van der Waals surface area contributed by atoms with Gasteiger partial charge in [0.05, 0.1) is 15.2 Å². The fraction of sp³-hybridized carbons (Fsp3) is 0.133. The van der Waals surface area contributed by atoms with E-state index in [1.165, 1.54) is 10.7 Å². The Labute approximate surface area is 159 Å². The molecule has 2 heterocycles. The minimum atomic E-state index is -0.546. The Bertz CT molecular complexity index is 992. The van der Waals surface area contributed by atoms with Crippen LogP contribution in [0.15, 0.2) is 32.2 Å². The van der Waals surface area contributed by atoms with Gasteiger partial charge in [-0.3, -0.25) is 4.79 Å². The third kappa shape index (κ3) is 3.69. The zero-order valence-corrected chi connectivity index (χ0v) is 16.3. The number of benzene rings is 1. The van der Waals surface area contributed by atoms with Crippen LogP contribution in [0.2, 0.25) is 0 Å². The second-order valence-electron chi connectivity index (χ2n) is 5.22. The number of fused-ring (bicyclic) bond motifs is 1. The van der Waals surface area contributed by atoms with Crippen molar-refractivity contribution in [2.24, 2.45) is 5.10 Å². The number of hydrazone groups is 1. The van der Waals surface area contributed by atoms with Crippen LogP contribution in [-0.2, 0) is 0 Å². The topological polar surface area (TPSA) is 105 Å². The van der Waals surface area contributed by atoms with Crippen molar-refractivity contribution in [3.63, 3.8) is 0 Å². The highest BCUT2D eigenvalue weighted by Gasteiger charge is 2.14. The van der Waals surface area contributed by atoms with Crippen molar-refractivity contribution in [1.82, 2.24) is 25.0 Å². The fourth-order valence-corrected chi connectivity index (χ4v) is 3.36. The molecule has 0 radical (unpaired) electrons. The van der Waals surface area contributed by atoms with E-state index in [4.69, 9.17) is 0 Å². The lowest BCUT2D eigenvalue weighted by atomic mass is 10.2. The normalized spacial score (nSPS) is 11.4. The first-order valence-electron chi connectivity index (χ1n) is 7.07. The van der Waals surface area contributed by atoms with Crippen molar-refractivity contribution in [2.45, 2.75) is 13.8 Å². The highest BCUT2D eigenvalue weighted by Crippen LogP contribution is 2.32. The van der Waals surface area contributed by atoms with E-state index in [1.54, 1.807) is 12.1 Å². The van der Waals surface area contributed by atoms with Gasteiger partial charge in [0.2, 0.25) is 5.82 Å². The summed E-state index contributed by atoms with van der Waals surface area (Å²) in [5, 5.41) is 17.7. The summed E-state index contributed by atoms with van der Waals surface area (Å²) >= 11 is 6.46. The van der Waals surface area contributed by atoms with Crippen LogP contribution in [0, 0.1) is 13.8 Å². The lowest BCUT2D eigenvalue weighted by molar-refractivity contribution is 0.0945. The van der Waals surface area contributed by atoms with Crippen molar-refractivity contribution in [3.8, 4) is 5.75 Å². The third-order valence-corrected chi connectivity index (χ3v) is 4.45. The maximum atomic E-state index is 12.1. The second kappa shape index (κ2) is 6.89. The van der Waals surface area contributed by atoms with Crippen molar-refractivity contribution in [2.75, 3.05) is 0 Å². The molecule has 0 fully saturated rings. The third-order valence-electron chi connectivity index (χ3n) is 3.24. The first-order valence-corrected chi connectivity index (χ1v) is 8.66. The molecule has 0 aliphatic rings. The van der Waals surface area contributed by atoms with Gasteiger partial charge in [-0.1, -0.05) is 0 Å². The van der Waals surface area contributed by atoms with Crippen molar-refractivity contribution >= 4 is 49.8 Å². The summed E-state index contributed by atoms with van der Waals surface area (Å²) in [4.78, 5) is 20.5. The number of phenols is 1. The number of carbonyl (C=O) groups is 1. The fourth-order valence-electron chi connectivity index (χ4n) is 2.14. The van der Waals surface area contributed by atoms with Crippen LogP contribution in [0.1, 0.15) is 27.6 Å². The Hall–Kier alpha value is -2.33. The van der Waals surface area contributed by atoms with Crippen LogP contribution < -0.4 is 5.43 Å². The number of halogens is 2. The molecule has 3 rings (SSSR count). The van der Waals surface area contributed by atoms with Crippen LogP contribution >= 0.6 is 31.9 Å². The molecule has 128 valence electrons. The molecule has 0 bridgehead atoms. The zero-order chi connectivity index (χ0) is 18.1. The number of hydrogen-bond acceptors (Lipinski definition) is 6. The standard InChI is InChI=1S/C15H12Br2N6O2/c1-7-3-8(2)23-15(19-7)20-13(22-23)14(25)21-18-6-9-4-10(16)12(24)11(17)5-9/h3-6,24H,1-2H3,(H,21,25)/b18-6+. The Morgan fingerprint density at radius 1 is 1.24 bits per heavy atom. The number of phenolic OH excluding ortho intramolecular Hbond substituents is 1. The minimum Gasteiger partial charge on any atom is -0.506 e. The Kier molecular flexibility index (Phi) is 4.82. The monoisotopic (exact) mass is 466 g/mol. The number of rotatable bonds is 3. The highest BCUT2D eigenvalue weighted by atomic mass is 79.9. The van der Waals surface area contributed by atoms with E-state index in [0.717, 1.165) is 11.4 Å². The number of aromatic nitrogens is 4. The molecule has 0 saturated carbocycles. The van der Waals surface area contributed by atoms with Gasteiger partial charge < -0.3 is 5.11 Å². The minimum absolute atomic E-state index is 0.0218. The molecule has 0 saturated heterocycles. The summed E-state index contributed by atoms with van der Waals surface area (Å²) in [6.45, 7) is 3.70. The molecule has 0 aliphatic heterocycles. The first kappa shape index (κ1) is 17.5. The van der Waals surface area contributed by atoms with Crippen LogP contribution in [0.4, 0.5) is 0 Å². The lowest BCUT2D eigenvalue weighted by Gasteiger charge is -2.01. The summed E-state index contributed by atoms with van der Waals surface area (Å²) in [6.07, 6.45) is 1.44. The van der Waals surface area contributed by atoms with Gasteiger partial charge in [0.1, 0.15) is 5.75 Å². The molecule has 2 aromatic heterocycles. The van der Waals surface area contributed by atoms with E-state index in [9.17, 15) is 9.90 Å². The number of amides is 1. The Morgan fingerprint density at radius 3 is 2.60 bits per heavy atom. The van der Waals surface area contributed by atoms with Crippen molar-refractivity contribution in [1.29, 1.82) is 0 Å². The first-order chi connectivity index (χ1) is 11.8. The van der Waals surface area contributed by atoms with E-state index in [2.05, 4.69) is 57.5 Å². The van der Waals surface area contributed by atoms with Gasteiger partial charge in [0.15, 0.2) is 0 Å². The quantitative estimate of drug-likeness (QED) is 0.455. The highest BCUT2D eigenvalue weighted by molar-refractivity contribution is 9.11. The number of aryl methyl sites for hydroxylation is 2. The maximum absolute atomic E-state index is 12.1. The molecule has 0 spiro atoms. The van der Waals surface area contributed by atoms with Gasteiger partial charge in [-0.2, -0.15) is 10.1 Å². The van der Waals surface area contributed by atoms with Crippen LogP contribution in [0.25, 0.3) is 5.78 Å². The molecule has 1 aromatic carbocycles. The second-order valence-corrected chi connectivity index (χ2v) is 6.93. The molecule has 0 atom stereocenters. The number of nitrogens with one attached hydrogen (secondary N) is 1. The Balaban J connectivity index is 1.78. The Morgan fingerprint density at radius 2 is 1.92 bits per heavy atom. The molecule has 8 nitrogen and oxygen atoms in total. The van der Waals surface area contributed by atoms with Crippen molar-refractivity contribution < 1.29 is 9.90 Å². The molecule has 25 heavy (non-hydrogen) atoms. The average molecular weight is 468 g/mol. The predicted octanol–water partition coefficient (Wildman–Crippen LogP) is 2.74. The van der Waals surface area contributed by atoms with Crippen molar-refractivity contribution in [3.05, 3.63) is 49.9 Å². The smallest absolute Gasteiger partial charge is 0.311 e. The molecule has 0 unspecified atom stereocenters.